The summed E-state index contributed by atoms with van der Waals surface area (Å²) in [6.07, 6.45) is 0. The van der Waals surface area contributed by atoms with Gasteiger partial charge in [-0.25, -0.2) is 0 Å². The van der Waals surface area contributed by atoms with E-state index in [-0.39, 0.29) is 11.8 Å². The summed E-state index contributed by atoms with van der Waals surface area (Å²) in [5.74, 6) is 1.24. The van der Waals surface area contributed by atoms with Gasteiger partial charge in [0.1, 0.15) is 5.75 Å². The van der Waals surface area contributed by atoms with Crippen molar-refractivity contribution >= 4 is 5.84 Å². The van der Waals surface area contributed by atoms with Gasteiger partial charge in [0.15, 0.2) is 0 Å². The maximum atomic E-state index is 7.45. The topological polar surface area (TPSA) is 62.3 Å². The number of methoxy groups -OCH3 is 1. The van der Waals surface area contributed by atoms with E-state index in [2.05, 4.69) is 17.9 Å². The van der Waals surface area contributed by atoms with Crippen molar-refractivity contribution in [3.63, 3.8) is 0 Å². The number of benzene rings is 1. The van der Waals surface area contributed by atoms with Gasteiger partial charge < -0.3 is 10.5 Å². The fraction of sp³-hybridized carbons (Fsp3) is 0.500. The van der Waals surface area contributed by atoms with Crippen molar-refractivity contribution < 1.29 is 4.74 Å². The first kappa shape index (κ1) is 14.5. The molecule has 0 aromatic heterocycles. The summed E-state index contributed by atoms with van der Waals surface area (Å²) in [5.41, 5.74) is 6.68. The first-order valence-electron chi connectivity index (χ1n) is 6.26. The second-order valence-electron chi connectivity index (χ2n) is 4.50. The maximum Gasteiger partial charge on any atom is 0.123 e. The minimum Gasteiger partial charge on any atom is -0.496 e. The van der Waals surface area contributed by atoms with Crippen LogP contribution in [0.3, 0.4) is 0 Å². The van der Waals surface area contributed by atoms with Crippen molar-refractivity contribution in [1.82, 2.24) is 4.90 Å². The molecule has 0 aliphatic carbocycles. The van der Waals surface area contributed by atoms with Gasteiger partial charge in [-0.2, -0.15) is 0 Å². The van der Waals surface area contributed by atoms with E-state index < -0.39 is 0 Å². The van der Waals surface area contributed by atoms with Crippen LogP contribution in [0.4, 0.5) is 0 Å². The standard InChI is InChI=1S/C14H23N3O/c1-4-17(9-11(2)14(15)16)10-12-7-5-6-8-13(12)18-3/h5-8,11H,4,9-10H2,1-3H3,(H3,15,16). The van der Waals surface area contributed by atoms with Crippen molar-refractivity contribution in [1.29, 1.82) is 5.41 Å². The normalized spacial score (nSPS) is 12.4. The molecular weight excluding hydrogens is 226 g/mol. The maximum absolute atomic E-state index is 7.45. The number of nitrogens with two attached hydrogens (primary N) is 1. The predicted molar refractivity (Wildman–Crippen MR) is 75.0 cm³/mol. The van der Waals surface area contributed by atoms with Crippen LogP contribution in [-0.4, -0.2) is 30.9 Å². The summed E-state index contributed by atoms with van der Waals surface area (Å²) in [6, 6.07) is 8.02. The molecular formula is C14H23N3O. The number of ether oxygens (including phenoxy) is 1. The summed E-state index contributed by atoms with van der Waals surface area (Å²) >= 11 is 0. The monoisotopic (exact) mass is 249 g/mol. The number of rotatable bonds is 7. The lowest BCUT2D eigenvalue weighted by molar-refractivity contribution is 0.258. The van der Waals surface area contributed by atoms with Gasteiger partial charge in [0.2, 0.25) is 0 Å². The molecule has 0 aliphatic heterocycles. The predicted octanol–water partition coefficient (Wildman–Crippen LogP) is 2.09. The van der Waals surface area contributed by atoms with Crippen molar-refractivity contribution in [3.8, 4) is 5.75 Å². The average molecular weight is 249 g/mol. The average Bonchev–Trinajstić information content (AvgIpc) is 2.38. The Morgan fingerprint density at radius 1 is 1.44 bits per heavy atom. The number of para-hydroxylation sites is 1. The molecule has 0 spiro atoms. The fourth-order valence-corrected chi connectivity index (χ4v) is 1.87. The highest BCUT2D eigenvalue weighted by molar-refractivity contribution is 5.79. The van der Waals surface area contributed by atoms with Gasteiger partial charge in [-0.05, 0) is 12.6 Å². The summed E-state index contributed by atoms with van der Waals surface area (Å²) in [4.78, 5) is 2.27. The molecule has 4 heteroatoms. The first-order valence-corrected chi connectivity index (χ1v) is 6.26. The van der Waals surface area contributed by atoms with Crippen molar-refractivity contribution in [2.75, 3.05) is 20.2 Å². The minimum absolute atomic E-state index is 0.0830. The van der Waals surface area contributed by atoms with E-state index in [9.17, 15) is 0 Å². The molecule has 0 aliphatic rings. The SMILES string of the molecule is CCN(Cc1ccccc1OC)CC(C)C(=N)N. The van der Waals surface area contributed by atoms with E-state index in [1.165, 1.54) is 0 Å². The Morgan fingerprint density at radius 2 is 2.11 bits per heavy atom. The third-order valence-corrected chi connectivity index (χ3v) is 3.10. The second-order valence-corrected chi connectivity index (χ2v) is 4.50. The van der Waals surface area contributed by atoms with Crippen LogP contribution in [0.1, 0.15) is 19.4 Å². The Bertz CT molecular complexity index is 392. The molecule has 0 saturated carbocycles. The summed E-state index contributed by atoms with van der Waals surface area (Å²) < 4.78 is 5.35. The van der Waals surface area contributed by atoms with Gasteiger partial charge in [0, 0.05) is 24.6 Å². The highest BCUT2D eigenvalue weighted by atomic mass is 16.5. The second kappa shape index (κ2) is 7.01. The van der Waals surface area contributed by atoms with E-state index in [0.29, 0.717) is 0 Å². The van der Waals surface area contributed by atoms with Crippen LogP contribution in [0.15, 0.2) is 24.3 Å². The van der Waals surface area contributed by atoms with Crippen molar-refractivity contribution in [2.45, 2.75) is 20.4 Å². The van der Waals surface area contributed by atoms with Crippen molar-refractivity contribution in [2.24, 2.45) is 11.7 Å². The van der Waals surface area contributed by atoms with Gasteiger partial charge in [0.05, 0.1) is 12.9 Å². The molecule has 0 radical (unpaired) electrons. The quantitative estimate of drug-likeness (QED) is 0.574. The molecule has 0 saturated heterocycles. The zero-order chi connectivity index (χ0) is 13.5. The highest BCUT2D eigenvalue weighted by Crippen LogP contribution is 2.19. The van der Waals surface area contributed by atoms with E-state index >= 15 is 0 Å². The molecule has 0 amide bonds. The van der Waals surface area contributed by atoms with Crippen LogP contribution >= 0.6 is 0 Å². The van der Waals surface area contributed by atoms with Crippen LogP contribution in [0.2, 0.25) is 0 Å². The summed E-state index contributed by atoms with van der Waals surface area (Å²) in [5, 5.41) is 7.45. The third-order valence-electron chi connectivity index (χ3n) is 3.10. The van der Waals surface area contributed by atoms with Gasteiger partial charge in [0.25, 0.3) is 0 Å². The number of hydrogen-bond acceptors (Lipinski definition) is 3. The Morgan fingerprint density at radius 3 is 2.67 bits per heavy atom. The van der Waals surface area contributed by atoms with E-state index in [1.54, 1.807) is 7.11 Å². The van der Waals surface area contributed by atoms with E-state index in [4.69, 9.17) is 15.9 Å². The molecule has 1 unspecified atom stereocenters. The summed E-state index contributed by atoms with van der Waals surface area (Å²) in [7, 11) is 1.69. The molecule has 1 rings (SSSR count). The lowest BCUT2D eigenvalue weighted by Gasteiger charge is -2.24. The zero-order valence-corrected chi connectivity index (χ0v) is 11.4. The molecule has 1 atom stereocenters. The molecule has 1 aromatic carbocycles. The highest BCUT2D eigenvalue weighted by Gasteiger charge is 2.13. The lowest BCUT2D eigenvalue weighted by Crippen LogP contribution is -2.34. The van der Waals surface area contributed by atoms with Crippen LogP contribution in [0, 0.1) is 11.3 Å². The Labute approximate surface area is 109 Å². The molecule has 4 nitrogen and oxygen atoms in total. The molecule has 3 N–H and O–H groups in total. The van der Waals surface area contributed by atoms with Crippen LogP contribution in [0.25, 0.3) is 0 Å². The molecule has 18 heavy (non-hydrogen) atoms. The Balaban J connectivity index is 2.70. The fourth-order valence-electron chi connectivity index (χ4n) is 1.87. The van der Waals surface area contributed by atoms with Crippen LogP contribution < -0.4 is 10.5 Å². The number of hydrogen-bond donors (Lipinski definition) is 2. The Kier molecular flexibility index (Phi) is 5.65. The van der Waals surface area contributed by atoms with Gasteiger partial charge >= 0.3 is 0 Å². The van der Waals surface area contributed by atoms with Gasteiger partial charge in [-0.15, -0.1) is 0 Å². The largest absolute Gasteiger partial charge is 0.496 e. The third kappa shape index (κ3) is 4.04. The van der Waals surface area contributed by atoms with Gasteiger partial charge in [-0.1, -0.05) is 32.0 Å². The van der Waals surface area contributed by atoms with Crippen LogP contribution in [-0.2, 0) is 6.54 Å². The summed E-state index contributed by atoms with van der Waals surface area (Å²) in [6.45, 7) is 6.63. The lowest BCUT2D eigenvalue weighted by atomic mass is 10.1. The van der Waals surface area contributed by atoms with E-state index in [1.807, 2.05) is 25.1 Å². The molecule has 0 heterocycles. The minimum atomic E-state index is 0.0830. The smallest absolute Gasteiger partial charge is 0.123 e. The Hall–Kier alpha value is -1.55. The number of nitrogens with one attached hydrogen (secondary N) is 1. The molecule has 1 aromatic rings. The number of amidine groups is 1. The molecule has 0 fully saturated rings. The van der Waals surface area contributed by atoms with Crippen LogP contribution in [0.5, 0.6) is 5.75 Å². The molecule has 100 valence electrons. The van der Waals surface area contributed by atoms with E-state index in [0.717, 1.165) is 30.9 Å². The molecule has 0 bridgehead atoms. The first-order chi connectivity index (χ1) is 8.58. The number of nitrogens with zero attached hydrogens (tertiary/aromatic N) is 1. The zero-order valence-electron chi connectivity index (χ0n) is 11.4. The van der Waals surface area contributed by atoms with Crippen molar-refractivity contribution in [3.05, 3.63) is 29.8 Å². The van der Waals surface area contributed by atoms with Gasteiger partial charge in [-0.3, -0.25) is 10.3 Å².